The molecule has 21 heavy (non-hydrogen) atoms. The lowest BCUT2D eigenvalue weighted by Crippen LogP contribution is -2.31. The minimum absolute atomic E-state index is 0.232. The van der Waals surface area contributed by atoms with E-state index in [1.165, 1.54) is 32.1 Å². The van der Waals surface area contributed by atoms with Crippen molar-refractivity contribution < 1.29 is 5.11 Å². The smallest absolute Gasteiger partial charge is 0.0753 e. The Labute approximate surface area is 125 Å². The Balaban J connectivity index is 1.83. The first-order valence-corrected chi connectivity index (χ1v) is 7.94. The van der Waals surface area contributed by atoms with Crippen LogP contribution in [0.1, 0.15) is 38.5 Å². The fraction of sp³-hybridized carbons (Fsp3) is 0.529. The Morgan fingerprint density at radius 2 is 2.05 bits per heavy atom. The Morgan fingerprint density at radius 1 is 1.19 bits per heavy atom. The average Bonchev–Trinajstić information content (AvgIpc) is 2.55. The van der Waals surface area contributed by atoms with E-state index >= 15 is 0 Å². The van der Waals surface area contributed by atoms with Crippen LogP contribution in [0.2, 0.25) is 0 Å². The van der Waals surface area contributed by atoms with Gasteiger partial charge in [0, 0.05) is 42.3 Å². The molecule has 2 aromatic rings. The first kappa shape index (κ1) is 14.3. The maximum Gasteiger partial charge on any atom is 0.0753 e. The van der Waals surface area contributed by atoms with E-state index in [4.69, 9.17) is 0 Å². The number of nitrogens with zero attached hydrogens (tertiary/aromatic N) is 2. The summed E-state index contributed by atoms with van der Waals surface area (Å²) < 4.78 is 0. The molecular weight excluding hydrogens is 262 g/mol. The van der Waals surface area contributed by atoms with Gasteiger partial charge in [-0.15, -0.1) is 0 Å². The minimum Gasteiger partial charge on any atom is -0.396 e. The molecule has 0 unspecified atom stereocenters. The van der Waals surface area contributed by atoms with Crippen molar-refractivity contribution in [3.63, 3.8) is 0 Å². The number of hydrogen-bond donors (Lipinski definition) is 2. The quantitative estimate of drug-likeness (QED) is 0.884. The lowest BCUT2D eigenvalue weighted by atomic mass is 9.82. The molecule has 2 heterocycles. The van der Waals surface area contributed by atoms with E-state index in [2.05, 4.69) is 15.3 Å². The van der Waals surface area contributed by atoms with Crippen molar-refractivity contribution in [3.05, 3.63) is 30.7 Å². The highest BCUT2D eigenvalue weighted by atomic mass is 16.3. The van der Waals surface area contributed by atoms with Gasteiger partial charge in [0.25, 0.3) is 0 Å². The monoisotopic (exact) mass is 285 g/mol. The summed E-state index contributed by atoms with van der Waals surface area (Å²) in [5, 5.41) is 14.1. The van der Waals surface area contributed by atoms with Crippen LogP contribution in [-0.2, 0) is 0 Å². The van der Waals surface area contributed by atoms with Crippen LogP contribution in [0.5, 0.6) is 0 Å². The fourth-order valence-electron chi connectivity index (χ4n) is 3.42. The zero-order valence-corrected chi connectivity index (χ0v) is 12.3. The van der Waals surface area contributed by atoms with Crippen LogP contribution in [0.4, 0.5) is 5.69 Å². The molecule has 2 aromatic heterocycles. The standard InChI is InChI=1S/C17H23N3O/c21-11-8-15(13-4-2-1-3-5-13)20-17-7-10-19-16-6-9-18-12-14(16)17/h6-7,9-10,12-13,15,21H,1-5,8,11H2,(H,19,20)/t15-/m0/s1. The first-order chi connectivity index (χ1) is 10.4. The molecule has 1 aliphatic carbocycles. The van der Waals surface area contributed by atoms with Crippen molar-refractivity contribution in [2.24, 2.45) is 5.92 Å². The van der Waals surface area contributed by atoms with Crippen LogP contribution in [0, 0.1) is 5.92 Å². The van der Waals surface area contributed by atoms with Gasteiger partial charge in [-0.3, -0.25) is 9.97 Å². The molecule has 0 bridgehead atoms. The van der Waals surface area contributed by atoms with Crippen molar-refractivity contribution in [2.75, 3.05) is 11.9 Å². The molecule has 1 saturated carbocycles. The van der Waals surface area contributed by atoms with Gasteiger partial charge in [0.05, 0.1) is 5.52 Å². The molecule has 1 atom stereocenters. The van der Waals surface area contributed by atoms with E-state index in [0.717, 1.165) is 23.0 Å². The van der Waals surface area contributed by atoms with Gasteiger partial charge < -0.3 is 10.4 Å². The Hall–Kier alpha value is -1.68. The summed E-state index contributed by atoms with van der Waals surface area (Å²) in [6.07, 6.45) is 12.8. The number of fused-ring (bicyclic) bond motifs is 1. The van der Waals surface area contributed by atoms with Crippen molar-refractivity contribution in [2.45, 2.75) is 44.6 Å². The third kappa shape index (κ3) is 3.32. The summed E-state index contributed by atoms with van der Waals surface area (Å²) in [6, 6.07) is 4.28. The summed E-state index contributed by atoms with van der Waals surface area (Å²) in [5.41, 5.74) is 2.04. The molecule has 0 spiro atoms. The van der Waals surface area contributed by atoms with Crippen molar-refractivity contribution in [1.82, 2.24) is 9.97 Å². The minimum atomic E-state index is 0.232. The second-order valence-corrected chi connectivity index (χ2v) is 5.91. The Bertz CT molecular complexity index is 576. The molecule has 4 heteroatoms. The van der Waals surface area contributed by atoms with E-state index in [1.807, 2.05) is 24.5 Å². The number of hydrogen-bond acceptors (Lipinski definition) is 4. The summed E-state index contributed by atoms with van der Waals surface area (Å²) in [4.78, 5) is 8.59. The van der Waals surface area contributed by atoms with Gasteiger partial charge >= 0.3 is 0 Å². The molecule has 0 amide bonds. The largest absolute Gasteiger partial charge is 0.396 e. The second-order valence-electron chi connectivity index (χ2n) is 5.91. The lowest BCUT2D eigenvalue weighted by Gasteiger charge is -2.31. The highest BCUT2D eigenvalue weighted by Crippen LogP contribution is 2.31. The molecule has 4 nitrogen and oxygen atoms in total. The molecule has 1 aliphatic rings. The number of rotatable bonds is 5. The van der Waals surface area contributed by atoms with E-state index in [1.54, 1.807) is 6.20 Å². The fourth-order valence-corrected chi connectivity index (χ4v) is 3.42. The van der Waals surface area contributed by atoms with Crippen LogP contribution in [0.3, 0.4) is 0 Å². The molecular formula is C17H23N3O. The number of aliphatic hydroxyl groups excluding tert-OH is 1. The second kappa shape index (κ2) is 6.85. The normalized spacial score (nSPS) is 17.8. The molecule has 1 fully saturated rings. The highest BCUT2D eigenvalue weighted by Gasteiger charge is 2.23. The predicted molar refractivity (Wildman–Crippen MR) is 85.2 cm³/mol. The number of nitrogens with one attached hydrogen (secondary N) is 1. The maximum absolute atomic E-state index is 9.39. The van der Waals surface area contributed by atoms with E-state index in [-0.39, 0.29) is 6.61 Å². The lowest BCUT2D eigenvalue weighted by molar-refractivity contribution is 0.239. The van der Waals surface area contributed by atoms with Gasteiger partial charge in [-0.1, -0.05) is 19.3 Å². The Kier molecular flexibility index (Phi) is 4.65. The number of aliphatic hydroxyl groups is 1. The summed E-state index contributed by atoms with van der Waals surface area (Å²) in [6.45, 7) is 0.232. The third-order valence-corrected chi connectivity index (χ3v) is 4.54. The average molecular weight is 285 g/mol. The van der Waals surface area contributed by atoms with Crippen LogP contribution >= 0.6 is 0 Å². The zero-order chi connectivity index (χ0) is 14.5. The van der Waals surface area contributed by atoms with Gasteiger partial charge in [0.15, 0.2) is 0 Å². The summed E-state index contributed by atoms with van der Waals surface area (Å²) in [7, 11) is 0. The topological polar surface area (TPSA) is 58.0 Å². The number of aromatic nitrogens is 2. The van der Waals surface area contributed by atoms with Gasteiger partial charge in [-0.2, -0.15) is 0 Å². The van der Waals surface area contributed by atoms with E-state index in [9.17, 15) is 5.11 Å². The number of pyridine rings is 2. The summed E-state index contributed by atoms with van der Waals surface area (Å²) in [5.74, 6) is 0.658. The van der Waals surface area contributed by atoms with Gasteiger partial charge in [-0.25, -0.2) is 0 Å². The van der Waals surface area contributed by atoms with Gasteiger partial charge in [-0.05, 0) is 37.3 Å². The number of anilines is 1. The van der Waals surface area contributed by atoms with Gasteiger partial charge in [0.2, 0.25) is 0 Å². The molecule has 0 radical (unpaired) electrons. The van der Waals surface area contributed by atoms with Crippen molar-refractivity contribution in [1.29, 1.82) is 0 Å². The molecule has 3 rings (SSSR count). The predicted octanol–water partition coefficient (Wildman–Crippen LogP) is 3.37. The molecule has 0 aromatic carbocycles. The van der Waals surface area contributed by atoms with Crippen LogP contribution in [0.15, 0.2) is 30.7 Å². The SMILES string of the molecule is OCC[C@H](Nc1ccnc2ccncc12)C1CCCCC1. The van der Waals surface area contributed by atoms with Crippen LogP contribution in [0.25, 0.3) is 10.9 Å². The molecule has 2 N–H and O–H groups in total. The van der Waals surface area contributed by atoms with Crippen molar-refractivity contribution in [3.8, 4) is 0 Å². The Morgan fingerprint density at radius 3 is 2.86 bits per heavy atom. The van der Waals surface area contributed by atoms with E-state index < -0.39 is 0 Å². The molecule has 0 saturated heterocycles. The molecule has 0 aliphatic heterocycles. The summed E-state index contributed by atoms with van der Waals surface area (Å²) >= 11 is 0. The van der Waals surface area contributed by atoms with Crippen LogP contribution < -0.4 is 5.32 Å². The maximum atomic E-state index is 9.39. The van der Waals surface area contributed by atoms with Gasteiger partial charge in [0.1, 0.15) is 0 Å². The third-order valence-electron chi connectivity index (χ3n) is 4.54. The molecule has 112 valence electrons. The van der Waals surface area contributed by atoms with Crippen LogP contribution in [-0.4, -0.2) is 27.7 Å². The first-order valence-electron chi connectivity index (χ1n) is 7.94. The van der Waals surface area contributed by atoms with E-state index in [0.29, 0.717) is 12.0 Å². The van der Waals surface area contributed by atoms with Crippen molar-refractivity contribution >= 4 is 16.6 Å². The zero-order valence-electron chi connectivity index (χ0n) is 12.3. The highest BCUT2D eigenvalue weighted by molar-refractivity contribution is 5.90.